The number of nitrogens with zero attached hydrogens (tertiary/aromatic N) is 1. The first kappa shape index (κ1) is 14.5. The largest absolute Gasteiger partial charge is 0.361 e. The number of hydrazone groups is 1. The molecule has 2 aromatic carbocycles. The van der Waals surface area contributed by atoms with E-state index in [2.05, 4.69) is 31.4 Å². The van der Waals surface area contributed by atoms with Gasteiger partial charge in [-0.15, -0.1) is 0 Å². The highest BCUT2D eigenvalue weighted by Crippen LogP contribution is 2.18. The molecule has 0 saturated carbocycles. The lowest BCUT2D eigenvalue weighted by molar-refractivity contribution is 0.0955. The minimum Gasteiger partial charge on any atom is -0.361 e. The number of carbonyl (C=O) groups excluding carboxylic acids is 1. The molecule has 0 fully saturated rings. The van der Waals surface area contributed by atoms with Crippen LogP contribution in [0.15, 0.2) is 58.2 Å². The van der Waals surface area contributed by atoms with Gasteiger partial charge in [-0.05, 0) is 30.7 Å². The van der Waals surface area contributed by atoms with Crippen LogP contribution in [0.25, 0.3) is 10.9 Å². The number of fused-ring (bicyclic) bond motifs is 1. The Labute approximate surface area is 136 Å². The molecule has 22 heavy (non-hydrogen) atoms. The van der Waals surface area contributed by atoms with Gasteiger partial charge in [0.15, 0.2) is 0 Å². The molecule has 0 saturated heterocycles. The van der Waals surface area contributed by atoms with Gasteiger partial charge in [-0.25, -0.2) is 5.43 Å². The Hall–Kier alpha value is -2.40. The number of hydrogen-bond acceptors (Lipinski definition) is 2. The van der Waals surface area contributed by atoms with E-state index < -0.39 is 0 Å². The zero-order valence-corrected chi connectivity index (χ0v) is 13.5. The Kier molecular flexibility index (Phi) is 4.06. The van der Waals surface area contributed by atoms with Gasteiger partial charge in [0.25, 0.3) is 5.91 Å². The van der Waals surface area contributed by atoms with E-state index in [-0.39, 0.29) is 5.91 Å². The number of benzene rings is 2. The van der Waals surface area contributed by atoms with E-state index in [1.807, 2.05) is 43.5 Å². The Morgan fingerprint density at radius 3 is 2.91 bits per heavy atom. The number of carbonyl (C=O) groups is 1. The summed E-state index contributed by atoms with van der Waals surface area (Å²) in [5.41, 5.74) is 6.16. The normalized spacial score (nSPS) is 11.2. The quantitative estimate of drug-likeness (QED) is 0.541. The number of aryl methyl sites for hydroxylation is 1. The number of para-hydroxylation sites is 1. The maximum Gasteiger partial charge on any atom is 0.271 e. The lowest BCUT2D eigenvalue weighted by Crippen LogP contribution is -2.17. The van der Waals surface area contributed by atoms with Crippen LogP contribution in [0.1, 0.15) is 21.5 Å². The van der Waals surface area contributed by atoms with Crippen LogP contribution in [-0.4, -0.2) is 17.1 Å². The molecule has 0 unspecified atom stereocenters. The summed E-state index contributed by atoms with van der Waals surface area (Å²) >= 11 is 3.42. The first-order chi connectivity index (χ1) is 10.6. The maximum atomic E-state index is 12.0. The highest BCUT2D eigenvalue weighted by atomic mass is 79.9. The van der Waals surface area contributed by atoms with E-state index in [4.69, 9.17) is 0 Å². The van der Waals surface area contributed by atoms with E-state index in [1.165, 1.54) is 0 Å². The SMILES string of the molecule is Cc1ccc(C(=O)NN=Cc2c[nH]c3ccccc23)cc1Br. The summed E-state index contributed by atoms with van der Waals surface area (Å²) in [6, 6.07) is 13.4. The maximum absolute atomic E-state index is 12.0. The minimum atomic E-state index is -0.239. The van der Waals surface area contributed by atoms with Gasteiger partial charge >= 0.3 is 0 Å². The van der Waals surface area contributed by atoms with Crippen molar-refractivity contribution >= 4 is 39.0 Å². The summed E-state index contributed by atoms with van der Waals surface area (Å²) < 4.78 is 0.903. The Morgan fingerprint density at radius 1 is 1.27 bits per heavy atom. The third kappa shape index (κ3) is 2.94. The lowest BCUT2D eigenvalue weighted by Gasteiger charge is -2.02. The number of amides is 1. The van der Waals surface area contributed by atoms with Gasteiger partial charge in [0.1, 0.15) is 0 Å². The molecule has 0 aliphatic rings. The third-order valence-electron chi connectivity index (χ3n) is 3.42. The minimum absolute atomic E-state index is 0.239. The van der Waals surface area contributed by atoms with Crippen molar-refractivity contribution in [2.45, 2.75) is 6.92 Å². The average Bonchev–Trinajstić information content (AvgIpc) is 2.93. The van der Waals surface area contributed by atoms with Crippen LogP contribution in [-0.2, 0) is 0 Å². The molecule has 0 atom stereocenters. The first-order valence-corrected chi connectivity index (χ1v) is 7.60. The standard InChI is InChI=1S/C17H14BrN3O/c1-11-6-7-12(8-15(11)18)17(22)21-20-10-13-9-19-16-5-3-2-4-14(13)16/h2-10,19H,1H3,(H,21,22). The number of aromatic nitrogens is 1. The Balaban J connectivity index is 1.74. The topological polar surface area (TPSA) is 57.2 Å². The Morgan fingerprint density at radius 2 is 2.09 bits per heavy atom. The van der Waals surface area contributed by atoms with Gasteiger partial charge in [-0.1, -0.05) is 40.2 Å². The Bertz CT molecular complexity index is 867. The van der Waals surface area contributed by atoms with Crippen molar-refractivity contribution in [1.82, 2.24) is 10.4 Å². The second kappa shape index (κ2) is 6.15. The van der Waals surface area contributed by atoms with E-state index in [9.17, 15) is 4.79 Å². The zero-order valence-electron chi connectivity index (χ0n) is 11.9. The second-order valence-electron chi connectivity index (χ2n) is 4.95. The molecule has 0 aliphatic carbocycles. The molecule has 3 rings (SSSR count). The molecule has 0 spiro atoms. The molecule has 1 amide bonds. The molecule has 3 aromatic rings. The van der Waals surface area contributed by atoms with Crippen LogP contribution in [0.2, 0.25) is 0 Å². The lowest BCUT2D eigenvalue weighted by atomic mass is 10.1. The van der Waals surface area contributed by atoms with E-state index in [0.29, 0.717) is 5.56 Å². The number of nitrogens with one attached hydrogen (secondary N) is 2. The smallest absolute Gasteiger partial charge is 0.271 e. The number of H-pyrrole nitrogens is 1. The molecule has 110 valence electrons. The van der Waals surface area contributed by atoms with E-state index in [0.717, 1.165) is 26.5 Å². The predicted molar refractivity (Wildman–Crippen MR) is 92.2 cm³/mol. The fourth-order valence-electron chi connectivity index (χ4n) is 2.16. The first-order valence-electron chi connectivity index (χ1n) is 6.81. The van der Waals surface area contributed by atoms with Gasteiger partial charge in [0.2, 0.25) is 0 Å². The second-order valence-corrected chi connectivity index (χ2v) is 5.81. The highest BCUT2D eigenvalue weighted by molar-refractivity contribution is 9.10. The van der Waals surface area contributed by atoms with Crippen molar-refractivity contribution in [2.75, 3.05) is 0 Å². The van der Waals surface area contributed by atoms with Crippen molar-refractivity contribution in [1.29, 1.82) is 0 Å². The molecule has 1 aromatic heterocycles. The van der Waals surface area contributed by atoms with Crippen molar-refractivity contribution in [3.05, 3.63) is 69.8 Å². The molecule has 0 bridgehead atoms. The number of aromatic amines is 1. The monoisotopic (exact) mass is 355 g/mol. The number of hydrogen-bond donors (Lipinski definition) is 2. The molecule has 0 aliphatic heterocycles. The third-order valence-corrected chi connectivity index (χ3v) is 4.28. The molecule has 4 nitrogen and oxygen atoms in total. The average molecular weight is 356 g/mol. The fraction of sp³-hybridized carbons (Fsp3) is 0.0588. The van der Waals surface area contributed by atoms with Gasteiger partial charge in [0, 0.05) is 32.7 Å². The van der Waals surface area contributed by atoms with Crippen LogP contribution < -0.4 is 5.43 Å². The summed E-state index contributed by atoms with van der Waals surface area (Å²) in [5, 5.41) is 5.10. The molecule has 2 N–H and O–H groups in total. The summed E-state index contributed by atoms with van der Waals surface area (Å²) in [6.45, 7) is 1.97. The van der Waals surface area contributed by atoms with Crippen LogP contribution in [0.4, 0.5) is 0 Å². The van der Waals surface area contributed by atoms with Gasteiger partial charge in [-0.3, -0.25) is 4.79 Å². The summed E-state index contributed by atoms with van der Waals surface area (Å²) in [6.07, 6.45) is 3.50. The van der Waals surface area contributed by atoms with Crippen molar-refractivity contribution in [2.24, 2.45) is 5.10 Å². The van der Waals surface area contributed by atoms with Gasteiger partial charge in [0.05, 0.1) is 6.21 Å². The van der Waals surface area contributed by atoms with Crippen molar-refractivity contribution < 1.29 is 4.79 Å². The van der Waals surface area contributed by atoms with Crippen molar-refractivity contribution in [3.8, 4) is 0 Å². The zero-order chi connectivity index (χ0) is 15.5. The van der Waals surface area contributed by atoms with E-state index >= 15 is 0 Å². The van der Waals surface area contributed by atoms with Crippen LogP contribution in [0.3, 0.4) is 0 Å². The molecule has 1 heterocycles. The van der Waals surface area contributed by atoms with Crippen LogP contribution >= 0.6 is 15.9 Å². The van der Waals surface area contributed by atoms with Crippen LogP contribution in [0.5, 0.6) is 0 Å². The predicted octanol–water partition coefficient (Wildman–Crippen LogP) is 4.00. The summed E-state index contributed by atoms with van der Waals surface area (Å²) in [4.78, 5) is 15.2. The highest BCUT2D eigenvalue weighted by Gasteiger charge is 2.06. The van der Waals surface area contributed by atoms with Gasteiger partial charge < -0.3 is 4.98 Å². The number of halogens is 1. The van der Waals surface area contributed by atoms with Crippen LogP contribution in [0, 0.1) is 6.92 Å². The fourth-order valence-corrected chi connectivity index (χ4v) is 2.54. The summed E-state index contributed by atoms with van der Waals surface area (Å²) in [7, 11) is 0. The molecular weight excluding hydrogens is 342 g/mol. The number of rotatable bonds is 3. The molecule has 0 radical (unpaired) electrons. The molecular formula is C17H14BrN3O. The van der Waals surface area contributed by atoms with Crippen molar-refractivity contribution in [3.63, 3.8) is 0 Å². The summed E-state index contributed by atoms with van der Waals surface area (Å²) in [5.74, 6) is -0.239. The van der Waals surface area contributed by atoms with E-state index in [1.54, 1.807) is 18.3 Å². The van der Waals surface area contributed by atoms with Gasteiger partial charge in [-0.2, -0.15) is 5.10 Å². The molecule has 5 heteroatoms.